The molecule has 2 aromatic carbocycles. The van der Waals surface area contributed by atoms with Crippen LogP contribution in [0.2, 0.25) is 0 Å². The van der Waals surface area contributed by atoms with Crippen molar-refractivity contribution in [1.29, 1.82) is 0 Å². The van der Waals surface area contributed by atoms with Gasteiger partial charge >= 0.3 is 7.82 Å². The van der Waals surface area contributed by atoms with Gasteiger partial charge in [-0.1, -0.05) is 0 Å². The van der Waals surface area contributed by atoms with Crippen LogP contribution in [0.15, 0.2) is 51.7 Å². The van der Waals surface area contributed by atoms with E-state index in [9.17, 15) is 14.5 Å². The number of benzene rings is 2. The van der Waals surface area contributed by atoms with Crippen LogP contribution in [0.4, 0.5) is 0 Å². The first kappa shape index (κ1) is 18.9. The molecule has 3 aromatic rings. The van der Waals surface area contributed by atoms with Crippen LogP contribution in [0.3, 0.4) is 0 Å². The van der Waals surface area contributed by atoms with Gasteiger partial charge in [0, 0.05) is 23.8 Å². The third kappa shape index (κ3) is 4.47. The van der Waals surface area contributed by atoms with E-state index in [1.807, 2.05) is 0 Å². The Bertz CT molecular complexity index is 1070. The highest BCUT2D eigenvalue weighted by Gasteiger charge is 2.16. The fraction of sp³-hybridized carbons (Fsp3) is 0.118. The largest absolute Gasteiger partial charge is 0.507 e. The second-order valence-corrected chi connectivity index (χ2v) is 6.64. The number of phenols is 1. The summed E-state index contributed by atoms with van der Waals surface area (Å²) in [5.74, 6) is 0.510. The molecule has 1 heterocycles. The summed E-state index contributed by atoms with van der Waals surface area (Å²) in [5.41, 5.74) is 0.197. The lowest BCUT2D eigenvalue weighted by Gasteiger charge is -2.10. The fourth-order valence-corrected chi connectivity index (χ4v) is 2.58. The first-order valence-corrected chi connectivity index (χ1v) is 9.08. The molecule has 142 valence electrons. The molecule has 0 amide bonds. The van der Waals surface area contributed by atoms with E-state index in [2.05, 4.69) is 4.52 Å². The second-order valence-electron chi connectivity index (χ2n) is 5.40. The average Bonchev–Trinajstić information content (AvgIpc) is 2.60. The minimum Gasteiger partial charge on any atom is -0.507 e. The van der Waals surface area contributed by atoms with Crippen molar-refractivity contribution in [2.24, 2.45) is 0 Å². The van der Waals surface area contributed by atoms with Crippen molar-refractivity contribution < 1.29 is 37.9 Å². The van der Waals surface area contributed by atoms with Gasteiger partial charge in [-0.15, -0.1) is 0 Å². The zero-order valence-corrected chi connectivity index (χ0v) is 14.9. The highest BCUT2D eigenvalue weighted by molar-refractivity contribution is 7.46. The van der Waals surface area contributed by atoms with Crippen LogP contribution in [0.1, 0.15) is 0 Å². The molecule has 27 heavy (non-hydrogen) atoms. The third-order valence-corrected chi connectivity index (χ3v) is 4.05. The van der Waals surface area contributed by atoms with E-state index in [1.165, 1.54) is 19.2 Å². The molecule has 0 aliphatic rings. The van der Waals surface area contributed by atoms with Crippen LogP contribution in [-0.2, 0) is 9.09 Å². The Labute approximate surface area is 152 Å². The molecule has 0 radical (unpaired) electrons. The Morgan fingerprint density at radius 1 is 1.07 bits per heavy atom. The smallest absolute Gasteiger partial charge is 0.472 e. The Hall–Kier alpha value is -2.84. The maximum atomic E-state index is 12.4. The number of methoxy groups -OCH3 is 1. The van der Waals surface area contributed by atoms with E-state index < -0.39 is 25.8 Å². The average molecular weight is 394 g/mol. The quantitative estimate of drug-likeness (QED) is 0.426. The van der Waals surface area contributed by atoms with E-state index in [0.717, 1.165) is 6.07 Å². The molecule has 0 saturated heterocycles. The molecule has 0 saturated carbocycles. The highest BCUT2D eigenvalue weighted by atomic mass is 31.2. The first-order valence-electron chi connectivity index (χ1n) is 7.55. The van der Waals surface area contributed by atoms with Crippen LogP contribution in [0.25, 0.3) is 22.3 Å². The molecule has 0 aliphatic heterocycles. The minimum absolute atomic E-state index is 0.00322. The molecule has 3 N–H and O–H groups in total. The summed E-state index contributed by atoms with van der Waals surface area (Å²) in [6.07, 6.45) is 0. The Morgan fingerprint density at radius 3 is 2.41 bits per heavy atom. The van der Waals surface area contributed by atoms with Crippen molar-refractivity contribution in [2.75, 3.05) is 13.9 Å². The minimum atomic E-state index is -4.70. The predicted octanol–water partition coefficient (Wildman–Crippen LogP) is 2.62. The van der Waals surface area contributed by atoms with Gasteiger partial charge in [-0.25, -0.2) is 9.09 Å². The Balaban J connectivity index is 1.98. The fourth-order valence-electron chi connectivity index (χ4n) is 2.39. The number of fused-ring (bicyclic) bond motifs is 1. The normalized spacial score (nSPS) is 11.5. The number of phosphoric ester groups is 1. The van der Waals surface area contributed by atoms with Gasteiger partial charge in [0.25, 0.3) is 0 Å². The molecule has 0 spiro atoms. The molecule has 3 rings (SSSR count). The van der Waals surface area contributed by atoms with Gasteiger partial charge in [-0.3, -0.25) is 4.79 Å². The predicted molar refractivity (Wildman–Crippen MR) is 94.8 cm³/mol. The summed E-state index contributed by atoms with van der Waals surface area (Å²) >= 11 is 0. The molecule has 10 heteroatoms. The Morgan fingerprint density at radius 2 is 1.78 bits per heavy atom. The van der Waals surface area contributed by atoms with E-state index in [1.54, 1.807) is 24.3 Å². The number of phenolic OH excluding ortho intramolecular Hbond substituents is 1. The number of hydrogen-bond donors (Lipinski definition) is 3. The number of aromatic hydroxyl groups is 1. The van der Waals surface area contributed by atoms with Gasteiger partial charge in [-0.05, 0) is 24.3 Å². The van der Waals surface area contributed by atoms with Crippen molar-refractivity contribution in [3.8, 4) is 28.6 Å². The van der Waals surface area contributed by atoms with Crippen LogP contribution < -0.4 is 14.9 Å². The molecule has 1 aromatic heterocycles. The number of ether oxygens (including phenoxy) is 2. The highest BCUT2D eigenvalue weighted by Crippen LogP contribution is 2.36. The lowest BCUT2D eigenvalue weighted by Crippen LogP contribution is -2.03. The maximum absolute atomic E-state index is 12.4. The van der Waals surface area contributed by atoms with E-state index in [4.69, 9.17) is 23.7 Å². The van der Waals surface area contributed by atoms with Crippen LogP contribution in [0.5, 0.6) is 17.2 Å². The van der Waals surface area contributed by atoms with Crippen molar-refractivity contribution in [2.45, 2.75) is 0 Å². The third-order valence-electron chi connectivity index (χ3n) is 3.60. The lowest BCUT2D eigenvalue weighted by molar-refractivity contribution is 0.0828. The first-order chi connectivity index (χ1) is 12.8. The van der Waals surface area contributed by atoms with Gasteiger partial charge in [0.1, 0.15) is 34.0 Å². The van der Waals surface area contributed by atoms with Gasteiger partial charge in [0.2, 0.25) is 0 Å². The molecular formula is C17H15O9P. The van der Waals surface area contributed by atoms with Crippen molar-refractivity contribution >= 4 is 18.8 Å². The van der Waals surface area contributed by atoms with Crippen LogP contribution in [0, 0.1) is 0 Å². The second kappa shape index (κ2) is 7.42. The van der Waals surface area contributed by atoms with E-state index in [-0.39, 0.29) is 22.5 Å². The number of hydrogen-bond acceptors (Lipinski definition) is 7. The molecule has 0 atom stereocenters. The zero-order valence-electron chi connectivity index (χ0n) is 14.0. The summed E-state index contributed by atoms with van der Waals surface area (Å²) in [7, 11) is -3.16. The monoisotopic (exact) mass is 394 g/mol. The van der Waals surface area contributed by atoms with Crippen LogP contribution in [-0.4, -0.2) is 28.8 Å². The van der Waals surface area contributed by atoms with E-state index in [0.29, 0.717) is 11.3 Å². The molecule has 0 bridgehead atoms. The number of rotatable bonds is 6. The molecule has 0 fully saturated rings. The lowest BCUT2D eigenvalue weighted by atomic mass is 10.1. The molecule has 9 nitrogen and oxygen atoms in total. The summed E-state index contributed by atoms with van der Waals surface area (Å²) in [6.45, 7) is -0.752. The molecule has 0 unspecified atom stereocenters. The molecule has 0 aliphatic carbocycles. The van der Waals surface area contributed by atoms with Crippen molar-refractivity contribution in [3.63, 3.8) is 0 Å². The van der Waals surface area contributed by atoms with Gasteiger partial charge < -0.3 is 28.8 Å². The zero-order chi connectivity index (χ0) is 19.6. The summed E-state index contributed by atoms with van der Waals surface area (Å²) in [6, 6.07) is 10.5. The number of phosphoric acid groups is 1. The summed E-state index contributed by atoms with van der Waals surface area (Å²) in [4.78, 5) is 29.7. The van der Waals surface area contributed by atoms with Crippen molar-refractivity contribution in [1.82, 2.24) is 0 Å². The maximum Gasteiger partial charge on any atom is 0.472 e. The standard InChI is InChI=1S/C17H15O9P/c1-23-11-4-2-10(3-5-11)15-8-14(19)17-13(18)6-12(7-16(17)26-15)24-9-25-27(20,21)22/h2-8,18H,9H2,1H3,(H2,20,21,22). The van der Waals surface area contributed by atoms with Gasteiger partial charge in [0.05, 0.1) is 7.11 Å². The van der Waals surface area contributed by atoms with Gasteiger partial charge in [0.15, 0.2) is 12.2 Å². The van der Waals surface area contributed by atoms with Crippen LogP contribution >= 0.6 is 7.82 Å². The van der Waals surface area contributed by atoms with Crippen molar-refractivity contribution in [3.05, 3.63) is 52.7 Å². The summed E-state index contributed by atoms with van der Waals surface area (Å²) in [5, 5.41) is 10.0. The topological polar surface area (TPSA) is 136 Å². The summed E-state index contributed by atoms with van der Waals surface area (Å²) < 4.78 is 30.7. The van der Waals surface area contributed by atoms with Gasteiger partial charge in [-0.2, -0.15) is 0 Å². The Kier molecular flexibility index (Phi) is 5.20. The van der Waals surface area contributed by atoms with E-state index >= 15 is 0 Å². The molecular weight excluding hydrogens is 379 g/mol. The SMILES string of the molecule is COc1ccc(-c2cc(=O)c3c(O)cc(OCOP(=O)(O)O)cc3o2)cc1.